The Labute approximate surface area is 165 Å². The van der Waals surface area contributed by atoms with E-state index in [2.05, 4.69) is 15.3 Å². The molecule has 0 radical (unpaired) electrons. The van der Waals surface area contributed by atoms with Gasteiger partial charge in [-0.25, -0.2) is 9.97 Å². The summed E-state index contributed by atoms with van der Waals surface area (Å²) >= 11 is 0. The van der Waals surface area contributed by atoms with Crippen LogP contribution in [-0.4, -0.2) is 21.9 Å². The lowest BCUT2D eigenvalue weighted by atomic mass is 10.1. The molecule has 2 heterocycles. The average molecular weight is 398 g/mol. The van der Waals surface area contributed by atoms with Gasteiger partial charge in [-0.2, -0.15) is 13.2 Å². The van der Waals surface area contributed by atoms with Crippen LogP contribution in [0.4, 0.5) is 30.4 Å². The lowest BCUT2D eigenvalue weighted by Gasteiger charge is -2.22. The summed E-state index contributed by atoms with van der Waals surface area (Å²) in [4.78, 5) is 22.8. The molecule has 1 aliphatic heterocycles. The van der Waals surface area contributed by atoms with Crippen molar-refractivity contribution >= 4 is 23.1 Å². The zero-order chi connectivity index (χ0) is 20.6. The van der Waals surface area contributed by atoms with Crippen LogP contribution in [-0.2, 0) is 12.6 Å². The molecule has 29 heavy (non-hydrogen) atoms. The molecule has 1 amide bonds. The van der Waals surface area contributed by atoms with Gasteiger partial charge >= 0.3 is 6.18 Å². The first-order chi connectivity index (χ1) is 13.8. The average Bonchev–Trinajstić information content (AvgIpc) is 3.03. The number of aromatic nitrogens is 2. The molecule has 8 heteroatoms. The fraction of sp³-hybridized carbons (Fsp3) is 0.190. The van der Waals surface area contributed by atoms with E-state index >= 15 is 0 Å². The second-order valence-electron chi connectivity index (χ2n) is 6.85. The first-order valence-corrected chi connectivity index (χ1v) is 9.01. The lowest BCUT2D eigenvalue weighted by Crippen LogP contribution is -2.36. The minimum absolute atomic E-state index is 0.0188. The zero-order valence-electron chi connectivity index (χ0n) is 15.4. The fourth-order valence-electron chi connectivity index (χ4n) is 3.46. The van der Waals surface area contributed by atoms with E-state index < -0.39 is 11.7 Å². The van der Waals surface area contributed by atoms with Crippen LogP contribution < -0.4 is 10.2 Å². The summed E-state index contributed by atoms with van der Waals surface area (Å²) in [5.74, 6) is -0.0419. The van der Waals surface area contributed by atoms with Crippen LogP contribution in [0.25, 0.3) is 0 Å². The summed E-state index contributed by atoms with van der Waals surface area (Å²) in [7, 11) is 0. The minimum Gasteiger partial charge on any atom is -0.340 e. The Morgan fingerprint density at radius 1 is 1.10 bits per heavy atom. The molecule has 2 aromatic carbocycles. The Hall–Kier alpha value is -3.42. The van der Waals surface area contributed by atoms with Crippen molar-refractivity contribution in [1.82, 2.24) is 9.97 Å². The fourth-order valence-corrected chi connectivity index (χ4v) is 3.46. The molecule has 148 valence electrons. The number of nitrogens with zero attached hydrogens (tertiary/aromatic N) is 3. The van der Waals surface area contributed by atoms with Crippen molar-refractivity contribution in [1.29, 1.82) is 0 Å². The number of halogens is 3. The molecule has 0 bridgehead atoms. The molecule has 3 aromatic rings. The number of amides is 1. The highest BCUT2D eigenvalue weighted by Gasteiger charge is 2.32. The van der Waals surface area contributed by atoms with Crippen LogP contribution in [0.1, 0.15) is 28.5 Å². The maximum absolute atomic E-state index is 13.1. The summed E-state index contributed by atoms with van der Waals surface area (Å²) in [5.41, 5.74) is 1.55. The van der Waals surface area contributed by atoms with Crippen molar-refractivity contribution in [3.8, 4) is 0 Å². The highest BCUT2D eigenvalue weighted by Crippen LogP contribution is 2.33. The molecular weight excluding hydrogens is 381 g/mol. The number of para-hydroxylation sites is 1. The van der Waals surface area contributed by atoms with Gasteiger partial charge in [-0.15, -0.1) is 0 Å². The van der Waals surface area contributed by atoms with Gasteiger partial charge < -0.3 is 10.2 Å². The number of nitrogens with one attached hydrogen (secondary N) is 1. The Morgan fingerprint density at radius 3 is 2.69 bits per heavy atom. The Morgan fingerprint density at radius 2 is 1.90 bits per heavy atom. The van der Waals surface area contributed by atoms with Gasteiger partial charge in [-0.05, 0) is 43.2 Å². The molecule has 0 saturated carbocycles. The van der Waals surface area contributed by atoms with Crippen molar-refractivity contribution in [2.45, 2.75) is 25.6 Å². The molecule has 4 rings (SSSR count). The van der Waals surface area contributed by atoms with E-state index in [0.717, 1.165) is 29.8 Å². The van der Waals surface area contributed by atoms with Crippen LogP contribution in [0.2, 0.25) is 0 Å². The van der Waals surface area contributed by atoms with Crippen LogP contribution in [0.5, 0.6) is 0 Å². The molecule has 1 aromatic heterocycles. The largest absolute Gasteiger partial charge is 0.416 e. The van der Waals surface area contributed by atoms with Crippen LogP contribution in [0.15, 0.2) is 60.9 Å². The molecule has 0 fully saturated rings. The number of carbonyl (C=O) groups excluding carboxylic acids is 1. The van der Waals surface area contributed by atoms with E-state index in [4.69, 9.17) is 0 Å². The monoisotopic (exact) mass is 398 g/mol. The van der Waals surface area contributed by atoms with E-state index in [1.807, 2.05) is 31.2 Å². The van der Waals surface area contributed by atoms with E-state index in [1.54, 1.807) is 4.90 Å². The van der Waals surface area contributed by atoms with Gasteiger partial charge in [0.2, 0.25) is 0 Å². The Kier molecular flexibility index (Phi) is 4.70. The van der Waals surface area contributed by atoms with Gasteiger partial charge in [-0.1, -0.05) is 24.3 Å². The summed E-state index contributed by atoms with van der Waals surface area (Å²) in [6.07, 6.45) is -2.47. The highest BCUT2D eigenvalue weighted by atomic mass is 19.4. The number of fused-ring (bicyclic) bond motifs is 1. The first kappa shape index (κ1) is 18.9. The predicted molar refractivity (Wildman–Crippen MR) is 103 cm³/mol. The number of rotatable bonds is 3. The van der Waals surface area contributed by atoms with Crippen molar-refractivity contribution < 1.29 is 18.0 Å². The van der Waals surface area contributed by atoms with Crippen LogP contribution in [0.3, 0.4) is 0 Å². The van der Waals surface area contributed by atoms with Crippen molar-refractivity contribution in [2.75, 3.05) is 10.2 Å². The molecule has 1 aliphatic rings. The molecule has 0 spiro atoms. The molecule has 1 atom stereocenters. The topological polar surface area (TPSA) is 58.1 Å². The smallest absolute Gasteiger partial charge is 0.340 e. The van der Waals surface area contributed by atoms with Crippen LogP contribution >= 0.6 is 0 Å². The third-order valence-electron chi connectivity index (χ3n) is 4.77. The van der Waals surface area contributed by atoms with Crippen LogP contribution in [0, 0.1) is 0 Å². The van der Waals surface area contributed by atoms with Gasteiger partial charge in [0.15, 0.2) is 0 Å². The van der Waals surface area contributed by atoms with Gasteiger partial charge in [0.1, 0.15) is 17.8 Å². The van der Waals surface area contributed by atoms with Crippen molar-refractivity contribution in [3.63, 3.8) is 0 Å². The van der Waals surface area contributed by atoms with Crippen molar-refractivity contribution in [3.05, 3.63) is 77.7 Å². The first-order valence-electron chi connectivity index (χ1n) is 9.01. The molecule has 5 nitrogen and oxygen atoms in total. The third-order valence-corrected chi connectivity index (χ3v) is 4.77. The van der Waals surface area contributed by atoms with Crippen molar-refractivity contribution in [2.24, 2.45) is 0 Å². The lowest BCUT2D eigenvalue weighted by molar-refractivity contribution is -0.137. The highest BCUT2D eigenvalue weighted by molar-refractivity contribution is 6.06. The predicted octanol–water partition coefficient (Wildman–Crippen LogP) is 4.83. The molecule has 0 saturated heterocycles. The van der Waals surface area contributed by atoms with Gasteiger partial charge in [0.25, 0.3) is 5.91 Å². The SMILES string of the molecule is CC1Cc2ccccc2N1C(=O)c1cc(Nc2cccc(C(F)(F)F)c2)ncn1. The molecule has 0 aliphatic carbocycles. The van der Waals surface area contributed by atoms with Gasteiger partial charge in [-0.3, -0.25) is 4.79 Å². The molecule has 1 unspecified atom stereocenters. The van der Waals surface area contributed by atoms with Gasteiger partial charge in [0.05, 0.1) is 5.56 Å². The molecular formula is C21H17F3N4O. The van der Waals surface area contributed by atoms with E-state index in [0.29, 0.717) is 0 Å². The number of anilines is 3. The number of hydrogen-bond donors (Lipinski definition) is 1. The normalized spacial score (nSPS) is 15.9. The summed E-state index contributed by atoms with van der Waals surface area (Å²) in [6, 6.07) is 13.9. The maximum Gasteiger partial charge on any atom is 0.416 e. The number of alkyl halides is 3. The summed E-state index contributed by atoms with van der Waals surface area (Å²) in [5, 5.41) is 2.81. The summed E-state index contributed by atoms with van der Waals surface area (Å²) < 4.78 is 38.7. The third kappa shape index (κ3) is 3.78. The Bertz CT molecular complexity index is 1070. The minimum atomic E-state index is -4.44. The second kappa shape index (κ2) is 7.20. The quantitative estimate of drug-likeness (QED) is 0.687. The summed E-state index contributed by atoms with van der Waals surface area (Å²) in [6.45, 7) is 1.96. The maximum atomic E-state index is 13.1. The van der Waals surface area contributed by atoms with E-state index in [9.17, 15) is 18.0 Å². The number of benzene rings is 2. The molecule has 1 N–H and O–H groups in total. The van der Waals surface area contributed by atoms with E-state index in [-0.39, 0.29) is 29.1 Å². The Balaban J connectivity index is 1.59. The second-order valence-corrected chi connectivity index (χ2v) is 6.85. The zero-order valence-corrected chi connectivity index (χ0v) is 15.4. The van der Waals surface area contributed by atoms with E-state index in [1.165, 1.54) is 24.5 Å². The standard InChI is InChI=1S/C21H17F3N4O/c1-13-9-14-5-2-3-8-18(14)28(13)20(29)17-11-19(26-12-25-17)27-16-7-4-6-15(10-16)21(22,23)24/h2-8,10-13H,9H2,1H3,(H,25,26,27). The van der Waals surface area contributed by atoms with Gasteiger partial charge in [0, 0.05) is 23.5 Å². The number of carbonyl (C=O) groups is 1. The number of hydrogen-bond acceptors (Lipinski definition) is 4.